The Kier molecular flexibility index (Phi) is 9.94. The fourth-order valence-corrected chi connectivity index (χ4v) is 2.39. The summed E-state index contributed by atoms with van der Waals surface area (Å²) in [6.07, 6.45) is 1.41. The van der Waals surface area contributed by atoms with Crippen LogP contribution in [0.5, 0.6) is 0 Å². The number of allylic oxidation sites excluding steroid dienone is 1. The van der Waals surface area contributed by atoms with Crippen LogP contribution in [0.25, 0.3) is 0 Å². The van der Waals surface area contributed by atoms with E-state index in [0.717, 1.165) is 25.7 Å². The van der Waals surface area contributed by atoms with Crippen LogP contribution in [0.4, 0.5) is 0 Å². The molecule has 0 radical (unpaired) electrons. The van der Waals surface area contributed by atoms with Crippen molar-refractivity contribution in [3.8, 4) is 0 Å². The SMILES string of the molecule is C/C=C/O[C@@H]1OC(C(=O)O)[C@@H](O)[C@H](OCCCC)C1OCCCC. The zero-order valence-electron chi connectivity index (χ0n) is 14.7. The number of carboxylic acid groups (broad SMARTS) is 1. The van der Waals surface area contributed by atoms with Gasteiger partial charge in [0, 0.05) is 13.2 Å². The highest BCUT2D eigenvalue weighted by molar-refractivity contribution is 5.73. The van der Waals surface area contributed by atoms with Gasteiger partial charge in [-0.15, -0.1) is 0 Å². The van der Waals surface area contributed by atoms with Crippen molar-refractivity contribution in [2.24, 2.45) is 0 Å². The van der Waals surface area contributed by atoms with E-state index in [1.165, 1.54) is 6.26 Å². The van der Waals surface area contributed by atoms with Gasteiger partial charge in [-0.2, -0.15) is 0 Å². The van der Waals surface area contributed by atoms with Gasteiger partial charge in [0.25, 0.3) is 0 Å². The number of rotatable bonds is 11. The van der Waals surface area contributed by atoms with Gasteiger partial charge in [-0.1, -0.05) is 32.8 Å². The molecule has 140 valence electrons. The number of ether oxygens (including phenoxy) is 4. The van der Waals surface area contributed by atoms with Crippen molar-refractivity contribution in [3.63, 3.8) is 0 Å². The number of aliphatic carboxylic acids is 1. The van der Waals surface area contributed by atoms with Crippen LogP contribution in [0.2, 0.25) is 0 Å². The van der Waals surface area contributed by atoms with Gasteiger partial charge < -0.3 is 29.2 Å². The molecule has 1 heterocycles. The van der Waals surface area contributed by atoms with Crippen molar-refractivity contribution in [3.05, 3.63) is 12.3 Å². The summed E-state index contributed by atoms with van der Waals surface area (Å²) in [7, 11) is 0. The van der Waals surface area contributed by atoms with Crippen LogP contribution in [0.15, 0.2) is 12.3 Å². The summed E-state index contributed by atoms with van der Waals surface area (Å²) in [4.78, 5) is 11.4. The minimum Gasteiger partial charge on any atom is -0.479 e. The third kappa shape index (κ3) is 6.05. The van der Waals surface area contributed by atoms with Crippen LogP contribution in [-0.2, 0) is 23.7 Å². The first-order valence-corrected chi connectivity index (χ1v) is 8.62. The molecule has 1 aliphatic rings. The van der Waals surface area contributed by atoms with E-state index in [4.69, 9.17) is 18.9 Å². The van der Waals surface area contributed by atoms with Crippen LogP contribution in [0, 0.1) is 0 Å². The predicted octanol–water partition coefficient (Wildman–Crippen LogP) is 2.08. The highest BCUT2D eigenvalue weighted by Gasteiger charge is 2.50. The first kappa shape index (κ1) is 20.9. The first-order chi connectivity index (χ1) is 11.6. The van der Waals surface area contributed by atoms with Gasteiger partial charge in [0.1, 0.15) is 18.3 Å². The van der Waals surface area contributed by atoms with Crippen LogP contribution in [0.3, 0.4) is 0 Å². The van der Waals surface area contributed by atoms with E-state index in [0.29, 0.717) is 13.2 Å². The number of aliphatic hydroxyl groups is 1. The fourth-order valence-electron chi connectivity index (χ4n) is 2.39. The second kappa shape index (κ2) is 11.4. The molecular formula is C17H30O7. The molecule has 1 aliphatic heterocycles. The normalized spacial score (nSPS) is 30.6. The van der Waals surface area contributed by atoms with Crippen molar-refractivity contribution in [1.82, 2.24) is 0 Å². The zero-order chi connectivity index (χ0) is 17.9. The summed E-state index contributed by atoms with van der Waals surface area (Å²) in [6, 6.07) is 0. The number of carboxylic acids is 1. The Balaban J connectivity index is 2.92. The lowest BCUT2D eigenvalue weighted by Crippen LogP contribution is -2.61. The molecule has 5 atom stereocenters. The van der Waals surface area contributed by atoms with E-state index in [2.05, 4.69) is 0 Å². The lowest BCUT2D eigenvalue weighted by atomic mass is 9.98. The van der Waals surface area contributed by atoms with E-state index in [9.17, 15) is 15.0 Å². The van der Waals surface area contributed by atoms with E-state index in [-0.39, 0.29) is 0 Å². The second-order valence-corrected chi connectivity index (χ2v) is 5.74. The topological polar surface area (TPSA) is 94.5 Å². The van der Waals surface area contributed by atoms with Gasteiger partial charge in [-0.25, -0.2) is 4.79 Å². The number of unbranched alkanes of at least 4 members (excludes halogenated alkanes) is 2. The molecular weight excluding hydrogens is 316 g/mol. The van der Waals surface area contributed by atoms with Gasteiger partial charge in [0.2, 0.25) is 6.29 Å². The average Bonchev–Trinajstić information content (AvgIpc) is 2.56. The van der Waals surface area contributed by atoms with Gasteiger partial charge in [-0.3, -0.25) is 0 Å². The number of hydrogen-bond donors (Lipinski definition) is 2. The molecule has 0 amide bonds. The molecule has 0 aromatic rings. The summed E-state index contributed by atoms with van der Waals surface area (Å²) >= 11 is 0. The standard InChI is InChI=1S/C17H30O7/c1-4-7-10-21-13-12(18)14(16(19)20)24-17(23-9-6-3)15(13)22-11-8-5-2/h6,9,12-15,17-18H,4-5,7-8,10-11H2,1-3H3,(H,19,20)/b9-6+/t12-,13-,14?,15?,17+/m0/s1. The molecule has 0 aliphatic carbocycles. The lowest BCUT2D eigenvalue weighted by Gasteiger charge is -2.42. The molecule has 2 N–H and O–H groups in total. The second-order valence-electron chi connectivity index (χ2n) is 5.74. The minimum absolute atomic E-state index is 0.411. The summed E-state index contributed by atoms with van der Waals surface area (Å²) in [5.74, 6) is -1.26. The summed E-state index contributed by atoms with van der Waals surface area (Å²) < 4.78 is 22.4. The number of hydrogen-bond acceptors (Lipinski definition) is 6. The molecule has 7 nitrogen and oxygen atoms in total. The minimum atomic E-state index is -1.42. The van der Waals surface area contributed by atoms with Crippen LogP contribution >= 0.6 is 0 Å². The Morgan fingerprint density at radius 3 is 2.21 bits per heavy atom. The molecule has 0 saturated carbocycles. The maximum atomic E-state index is 11.4. The quantitative estimate of drug-likeness (QED) is 0.437. The molecule has 1 rings (SSSR count). The molecule has 1 fully saturated rings. The third-order valence-electron chi connectivity index (χ3n) is 3.73. The highest BCUT2D eigenvalue weighted by atomic mass is 16.7. The first-order valence-electron chi connectivity index (χ1n) is 8.62. The zero-order valence-corrected chi connectivity index (χ0v) is 14.7. The number of aliphatic hydroxyl groups excluding tert-OH is 1. The van der Waals surface area contributed by atoms with Gasteiger partial charge >= 0.3 is 5.97 Å². The van der Waals surface area contributed by atoms with Crippen LogP contribution < -0.4 is 0 Å². The molecule has 1 saturated heterocycles. The van der Waals surface area contributed by atoms with E-state index < -0.39 is 36.7 Å². The van der Waals surface area contributed by atoms with Crippen molar-refractivity contribution in [1.29, 1.82) is 0 Å². The van der Waals surface area contributed by atoms with E-state index >= 15 is 0 Å². The highest BCUT2D eigenvalue weighted by Crippen LogP contribution is 2.27. The predicted molar refractivity (Wildman–Crippen MR) is 87.5 cm³/mol. The van der Waals surface area contributed by atoms with E-state index in [1.54, 1.807) is 13.0 Å². The Labute approximate surface area is 143 Å². The Morgan fingerprint density at radius 1 is 1.12 bits per heavy atom. The average molecular weight is 346 g/mol. The molecule has 0 aromatic heterocycles. The smallest absolute Gasteiger partial charge is 0.335 e. The van der Waals surface area contributed by atoms with Crippen LogP contribution in [0.1, 0.15) is 46.5 Å². The van der Waals surface area contributed by atoms with Crippen molar-refractivity contribution >= 4 is 5.97 Å². The van der Waals surface area contributed by atoms with Gasteiger partial charge in [0.05, 0.1) is 6.26 Å². The molecule has 2 unspecified atom stereocenters. The van der Waals surface area contributed by atoms with Crippen molar-refractivity contribution in [2.45, 2.75) is 77.2 Å². The maximum absolute atomic E-state index is 11.4. The molecule has 0 bridgehead atoms. The summed E-state index contributed by atoms with van der Waals surface area (Å²) in [6.45, 7) is 6.71. The summed E-state index contributed by atoms with van der Waals surface area (Å²) in [5.41, 5.74) is 0. The summed E-state index contributed by atoms with van der Waals surface area (Å²) in [5, 5.41) is 19.7. The third-order valence-corrected chi connectivity index (χ3v) is 3.73. The molecule has 0 spiro atoms. The van der Waals surface area contributed by atoms with Gasteiger partial charge in [-0.05, 0) is 19.8 Å². The Bertz CT molecular complexity index is 385. The van der Waals surface area contributed by atoms with Crippen LogP contribution in [-0.4, -0.2) is 60.1 Å². The molecule has 0 aromatic carbocycles. The largest absolute Gasteiger partial charge is 0.479 e. The number of carbonyl (C=O) groups is 1. The Morgan fingerprint density at radius 2 is 1.71 bits per heavy atom. The van der Waals surface area contributed by atoms with Crippen molar-refractivity contribution < 1.29 is 34.0 Å². The fraction of sp³-hybridized carbons (Fsp3) is 0.824. The maximum Gasteiger partial charge on any atom is 0.335 e. The molecule has 7 heteroatoms. The van der Waals surface area contributed by atoms with Gasteiger partial charge in [0.15, 0.2) is 6.10 Å². The molecule has 24 heavy (non-hydrogen) atoms. The lowest BCUT2D eigenvalue weighted by molar-refractivity contribution is -0.298. The Hall–Kier alpha value is -1.15. The van der Waals surface area contributed by atoms with E-state index in [1.807, 2.05) is 13.8 Å². The van der Waals surface area contributed by atoms with Crippen molar-refractivity contribution in [2.75, 3.05) is 13.2 Å². The monoisotopic (exact) mass is 346 g/mol.